The molecule has 0 aliphatic rings. The van der Waals surface area contributed by atoms with Crippen molar-refractivity contribution in [3.63, 3.8) is 0 Å². The average Bonchev–Trinajstić information content (AvgIpc) is 1.82. The van der Waals surface area contributed by atoms with Gasteiger partial charge in [0.2, 0.25) is 0 Å². The molecule has 1 aromatic rings. The maximum Gasteiger partial charge on any atom is 0.168 e. The van der Waals surface area contributed by atoms with Gasteiger partial charge in [0, 0.05) is 0 Å². The zero-order valence-electron chi connectivity index (χ0n) is 6.87. The van der Waals surface area contributed by atoms with E-state index < -0.39 is 10.7 Å². The van der Waals surface area contributed by atoms with Crippen LogP contribution >= 0.6 is 0 Å². The summed E-state index contributed by atoms with van der Waals surface area (Å²) in [5.41, 5.74) is 1.17. The van der Waals surface area contributed by atoms with E-state index >= 15 is 0 Å². The molecule has 3 nitrogen and oxygen atoms in total. The van der Waals surface area contributed by atoms with Crippen molar-refractivity contribution in [1.29, 1.82) is 0 Å². The number of thiol groups is 1. The van der Waals surface area contributed by atoms with Gasteiger partial charge in [-0.25, -0.2) is 8.42 Å². The Hall–Kier alpha value is -1.03. The van der Waals surface area contributed by atoms with Gasteiger partial charge in [-0.05, 0) is 37.1 Å². The summed E-state index contributed by atoms with van der Waals surface area (Å²) < 4.78 is 21.4. The Labute approximate surface area is 72.6 Å². The fourth-order valence-electron chi connectivity index (χ4n) is 1.22. The van der Waals surface area contributed by atoms with Gasteiger partial charge in [-0.2, -0.15) is 0 Å². The summed E-state index contributed by atoms with van der Waals surface area (Å²) in [4.78, 5) is 0.308. The number of phenols is 1. The molecule has 0 saturated carbocycles. The molecule has 0 spiro atoms. The van der Waals surface area contributed by atoms with E-state index in [9.17, 15) is 8.42 Å². The highest BCUT2D eigenvalue weighted by Crippen LogP contribution is 2.21. The van der Waals surface area contributed by atoms with Crippen LogP contribution in [0.1, 0.15) is 11.1 Å². The first kappa shape index (κ1) is 9.06. The molecule has 0 radical (unpaired) electrons. The second kappa shape index (κ2) is 3.15. The molecule has 66 valence electrons. The van der Waals surface area contributed by atoms with Crippen LogP contribution < -0.4 is 0 Å². The van der Waals surface area contributed by atoms with E-state index in [0.29, 0.717) is 16.0 Å². The third kappa shape index (κ3) is 1.58. The van der Waals surface area contributed by atoms with Crippen molar-refractivity contribution in [3.05, 3.63) is 23.3 Å². The molecule has 0 amide bonds. The van der Waals surface area contributed by atoms with Crippen LogP contribution in [0.15, 0.2) is 17.0 Å². The Morgan fingerprint density at radius 1 is 1.17 bits per heavy atom. The second-order valence-electron chi connectivity index (χ2n) is 2.69. The Morgan fingerprint density at radius 3 is 1.92 bits per heavy atom. The van der Waals surface area contributed by atoms with Crippen molar-refractivity contribution < 1.29 is 13.5 Å². The van der Waals surface area contributed by atoms with Crippen LogP contribution in [0.25, 0.3) is 0 Å². The largest absolute Gasteiger partial charge is 0.508 e. The zero-order valence-corrected chi connectivity index (χ0v) is 7.76. The first-order valence-corrected chi connectivity index (χ1v) is 4.64. The van der Waals surface area contributed by atoms with E-state index in [0.717, 1.165) is 0 Å². The van der Waals surface area contributed by atoms with Crippen LogP contribution in [0.4, 0.5) is 0 Å². The van der Waals surface area contributed by atoms with Crippen molar-refractivity contribution >= 4 is 10.7 Å². The Bertz CT molecular complexity index is 349. The smallest absolute Gasteiger partial charge is 0.168 e. The molecule has 0 aliphatic heterocycles. The summed E-state index contributed by atoms with van der Waals surface area (Å²) >= 11 is 0. The van der Waals surface area contributed by atoms with Crippen LogP contribution in [0.2, 0.25) is 0 Å². The monoisotopic (exact) mass is 186 g/mol. The summed E-state index contributed by atoms with van der Waals surface area (Å²) in [6, 6.07) is 2.88. The maximum absolute atomic E-state index is 10.7. The maximum atomic E-state index is 10.7. The van der Waals surface area contributed by atoms with E-state index in [4.69, 9.17) is 5.11 Å². The van der Waals surface area contributed by atoms with Crippen LogP contribution in [-0.4, -0.2) is 13.5 Å². The SMILES string of the molecule is Cc1cc(O)cc(C)c1[SH](=O)=O. The molecule has 0 aliphatic carbocycles. The molecule has 1 rings (SSSR count). The molecular formula is C8H10O3S. The van der Waals surface area contributed by atoms with Gasteiger partial charge in [-0.1, -0.05) is 0 Å². The van der Waals surface area contributed by atoms with Gasteiger partial charge in [0.1, 0.15) is 5.75 Å². The summed E-state index contributed by atoms with van der Waals surface area (Å²) in [5, 5.41) is 9.10. The van der Waals surface area contributed by atoms with E-state index in [-0.39, 0.29) is 5.75 Å². The van der Waals surface area contributed by atoms with E-state index in [1.807, 2.05) is 0 Å². The van der Waals surface area contributed by atoms with Crippen molar-refractivity contribution in [2.45, 2.75) is 18.7 Å². The van der Waals surface area contributed by atoms with Crippen molar-refractivity contribution in [3.8, 4) is 5.75 Å². The summed E-state index contributed by atoms with van der Waals surface area (Å²) in [6.07, 6.45) is 0. The number of hydrogen-bond donors (Lipinski definition) is 2. The van der Waals surface area contributed by atoms with E-state index in [1.54, 1.807) is 13.8 Å². The molecule has 0 bridgehead atoms. The number of aryl methyl sites for hydroxylation is 2. The fraction of sp³-hybridized carbons (Fsp3) is 0.250. The predicted molar refractivity (Wildman–Crippen MR) is 46.2 cm³/mol. The highest BCUT2D eigenvalue weighted by atomic mass is 32.2. The average molecular weight is 186 g/mol. The minimum absolute atomic E-state index is 0.102. The lowest BCUT2D eigenvalue weighted by molar-refractivity contribution is 0.473. The second-order valence-corrected chi connectivity index (χ2v) is 3.65. The molecule has 0 saturated heterocycles. The Balaban J connectivity index is 3.48. The standard InChI is InChI=1S/C8H10O3S/c1-5-3-7(9)4-6(2)8(5)12(10)11/h3-4,9,12H,1-2H3. The highest BCUT2D eigenvalue weighted by Gasteiger charge is 2.05. The van der Waals surface area contributed by atoms with Crippen LogP contribution in [0.5, 0.6) is 5.75 Å². The lowest BCUT2D eigenvalue weighted by atomic mass is 10.1. The van der Waals surface area contributed by atoms with Gasteiger partial charge in [-0.3, -0.25) is 0 Å². The lowest BCUT2D eigenvalue weighted by Gasteiger charge is -2.03. The van der Waals surface area contributed by atoms with Gasteiger partial charge >= 0.3 is 0 Å². The predicted octanol–water partition coefficient (Wildman–Crippen LogP) is 0.979. The third-order valence-electron chi connectivity index (χ3n) is 1.66. The molecule has 0 heterocycles. The number of phenolic OH excluding ortho intramolecular Hbond substituents is 1. The molecule has 0 atom stereocenters. The molecule has 1 N–H and O–H groups in total. The summed E-state index contributed by atoms with van der Waals surface area (Å²) in [5.74, 6) is 0.102. The van der Waals surface area contributed by atoms with Crippen LogP contribution in [0, 0.1) is 13.8 Å². The van der Waals surface area contributed by atoms with Gasteiger partial charge in [-0.15, -0.1) is 0 Å². The summed E-state index contributed by atoms with van der Waals surface area (Å²) in [6.45, 7) is 3.32. The molecule has 4 heteroatoms. The fourth-order valence-corrected chi connectivity index (χ4v) is 1.93. The number of rotatable bonds is 1. The number of benzene rings is 1. The van der Waals surface area contributed by atoms with Crippen LogP contribution in [-0.2, 0) is 10.7 Å². The minimum atomic E-state index is -2.56. The Kier molecular flexibility index (Phi) is 2.38. The quantitative estimate of drug-likeness (QED) is 0.643. The zero-order chi connectivity index (χ0) is 9.30. The van der Waals surface area contributed by atoms with Gasteiger partial charge in [0.05, 0.1) is 4.90 Å². The van der Waals surface area contributed by atoms with Crippen molar-refractivity contribution in [2.75, 3.05) is 0 Å². The minimum Gasteiger partial charge on any atom is -0.508 e. The van der Waals surface area contributed by atoms with Gasteiger partial charge in [0.15, 0.2) is 10.7 Å². The van der Waals surface area contributed by atoms with Crippen molar-refractivity contribution in [1.82, 2.24) is 0 Å². The first-order chi connectivity index (χ1) is 5.52. The Morgan fingerprint density at radius 2 is 1.58 bits per heavy atom. The third-order valence-corrected chi connectivity index (χ3v) is 2.73. The molecule has 0 unspecified atom stereocenters. The topological polar surface area (TPSA) is 54.4 Å². The van der Waals surface area contributed by atoms with Crippen molar-refractivity contribution in [2.24, 2.45) is 0 Å². The highest BCUT2D eigenvalue weighted by molar-refractivity contribution is 7.72. The molecule has 12 heavy (non-hydrogen) atoms. The molecule has 0 aromatic heterocycles. The summed E-state index contributed by atoms with van der Waals surface area (Å²) in [7, 11) is -2.56. The molecular weight excluding hydrogens is 176 g/mol. The number of aromatic hydroxyl groups is 1. The molecule has 1 aromatic carbocycles. The van der Waals surface area contributed by atoms with Crippen LogP contribution in [0.3, 0.4) is 0 Å². The normalized spacial score (nSPS) is 10.6. The van der Waals surface area contributed by atoms with Gasteiger partial charge < -0.3 is 5.11 Å². The lowest BCUT2D eigenvalue weighted by Crippen LogP contribution is -1.90. The first-order valence-electron chi connectivity index (χ1n) is 3.47. The van der Waals surface area contributed by atoms with E-state index in [2.05, 4.69) is 0 Å². The number of hydrogen-bond acceptors (Lipinski definition) is 3. The van der Waals surface area contributed by atoms with E-state index in [1.165, 1.54) is 12.1 Å². The molecule has 0 fully saturated rings. The van der Waals surface area contributed by atoms with Gasteiger partial charge in [0.25, 0.3) is 0 Å².